The predicted molar refractivity (Wildman–Crippen MR) is 54.8 cm³/mol. The van der Waals surface area contributed by atoms with E-state index >= 15 is 0 Å². The van der Waals surface area contributed by atoms with E-state index in [1.54, 1.807) is 0 Å². The average molecular weight is 196 g/mol. The largest absolute Gasteiger partial charge is 0.322 e. The first kappa shape index (κ1) is 9.81. The Balaban J connectivity index is 2.64. The lowest BCUT2D eigenvalue weighted by atomic mass is 10.2. The molecule has 0 aliphatic heterocycles. The molecular weight excluding hydrogens is 186 g/mol. The third-order valence-electron chi connectivity index (χ3n) is 1.53. The number of anilines is 1. The van der Waals surface area contributed by atoms with E-state index in [-0.39, 0.29) is 5.91 Å². The van der Waals surface area contributed by atoms with Gasteiger partial charge in [-0.25, -0.2) is 0 Å². The van der Waals surface area contributed by atoms with Gasteiger partial charge in [0.1, 0.15) is 0 Å². The maximum atomic E-state index is 11.0. The second-order valence-electron chi connectivity index (χ2n) is 2.65. The standard InChI is InChI=1S/C10H10ClNO/c1-8-2-4-9(5-3-8)12-10(13)6-7-11/h2-7H,1H3,(H,12,13)/b7-6+. The molecule has 0 saturated carbocycles. The van der Waals surface area contributed by atoms with E-state index in [2.05, 4.69) is 5.32 Å². The average Bonchev–Trinajstić information content (AvgIpc) is 2.09. The second-order valence-corrected chi connectivity index (χ2v) is 2.90. The number of nitrogens with one attached hydrogen (secondary N) is 1. The molecule has 0 saturated heterocycles. The first-order valence-corrected chi connectivity index (χ1v) is 4.30. The summed E-state index contributed by atoms with van der Waals surface area (Å²) in [5, 5.41) is 2.66. The van der Waals surface area contributed by atoms with Gasteiger partial charge in [-0.3, -0.25) is 4.79 Å². The molecule has 68 valence electrons. The number of hydrogen-bond acceptors (Lipinski definition) is 1. The molecule has 1 N–H and O–H groups in total. The van der Waals surface area contributed by atoms with Gasteiger partial charge in [0.2, 0.25) is 5.91 Å². The number of halogens is 1. The zero-order valence-electron chi connectivity index (χ0n) is 7.25. The Labute approximate surface area is 82.2 Å². The minimum atomic E-state index is -0.223. The maximum Gasteiger partial charge on any atom is 0.249 e. The van der Waals surface area contributed by atoms with Gasteiger partial charge in [0.05, 0.1) is 0 Å². The number of carbonyl (C=O) groups is 1. The summed E-state index contributed by atoms with van der Waals surface area (Å²) in [5.41, 5.74) is 3.11. The van der Waals surface area contributed by atoms with Gasteiger partial charge in [-0.05, 0) is 19.1 Å². The van der Waals surface area contributed by atoms with Crippen LogP contribution in [0.5, 0.6) is 0 Å². The van der Waals surface area contributed by atoms with Crippen molar-refractivity contribution in [3.63, 3.8) is 0 Å². The van der Waals surface area contributed by atoms with E-state index in [1.807, 2.05) is 31.2 Å². The second kappa shape index (κ2) is 4.67. The van der Waals surface area contributed by atoms with Crippen molar-refractivity contribution in [2.75, 3.05) is 5.32 Å². The Morgan fingerprint density at radius 3 is 2.54 bits per heavy atom. The number of amides is 1. The lowest BCUT2D eigenvalue weighted by molar-refractivity contribution is -0.111. The molecule has 1 rings (SSSR count). The molecule has 0 atom stereocenters. The van der Waals surface area contributed by atoms with Crippen molar-refractivity contribution in [2.24, 2.45) is 0 Å². The number of hydrogen-bond donors (Lipinski definition) is 1. The molecule has 0 spiro atoms. The summed E-state index contributed by atoms with van der Waals surface area (Å²) in [6.45, 7) is 1.99. The van der Waals surface area contributed by atoms with Gasteiger partial charge < -0.3 is 5.32 Å². The number of benzene rings is 1. The van der Waals surface area contributed by atoms with Crippen LogP contribution >= 0.6 is 11.6 Å². The van der Waals surface area contributed by atoms with Crippen molar-refractivity contribution in [3.8, 4) is 0 Å². The van der Waals surface area contributed by atoms with Crippen LogP contribution in [0.2, 0.25) is 0 Å². The minimum absolute atomic E-state index is 0.223. The van der Waals surface area contributed by atoms with Gasteiger partial charge in [-0.15, -0.1) is 0 Å². The summed E-state index contributed by atoms with van der Waals surface area (Å²) in [6, 6.07) is 7.55. The van der Waals surface area contributed by atoms with Crippen molar-refractivity contribution in [2.45, 2.75) is 6.92 Å². The van der Waals surface area contributed by atoms with Crippen LogP contribution in [0.15, 0.2) is 35.9 Å². The quantitative estimate of drug-likeness (QED) is 0.723. The van der Waals surface area contributed by atoms with Crippen LogP contribution in [0, 0.1) is 6.92 Å². The molecule has 0 fully saturated rings. The summed E-state index contributed by atoms with van der Waals surface area (Å²) in [4.78, 5) is 11.0. The van der Waals surface area contributed by atoms with E-state index in [4.69, 9.17) is 11.6 Å². The third kappa shape index (κ3) is 3.30. The van der Waals surface area contributed by atoms with E-state index in [0.717, 1.165) is 11.3 Å². The molecule has 1 aromatic rings. The first-order valence-electron chi connectivity index (χ1n) is 3.87. The highest BCUT2D eigenvalue weighted by Crippen LogP contribution is 2.08. The van der Waals surface area contributed by atoms with Crippen molar-refractivity contribution >= 4 is 23.2 Å². The first-order chi connectivity index (χ1) is 6.22. The molecule has 0 aromatic heterocycles. The van der Waals surface area contributed by atoms with Crippen LogP contribution in [0.4, 0.5) is 5.69 Å². The molecule has 3 heteroatoms. The highest BCUT2D eigenvalue weighted by atomic mass is 35.5. The van der Waals surface area contributed by atoms with E-state index in [1.165, 1.54) is 11.6 Å². The molecule has 0 aliphatic rings. The Kier molecular flexibility index (Phi) is 3.53. The zero-order valence-corrected chi connectivity index (χ0v) is 8.01. The van der Waals surface area contributed by atoms with Crippen molar-refractivity contribution in [3.05, 3.63) is 41.4 Å². The fourth-order valence-electron chi connectivity index (χ4n) is 0.878. The van der Waals surface area contributed by atoms with Gasteiger partial charge in [0.15, 0.2) is 0 Å². The molecule has 2 nitrogen and oxygen atoms in total. The lowest BCUT2D eigenvalue weighted by Crippen LogP contribution is -2.07. The van der Waals surface area contributed by atoms with Crippen LogP contribution in [0.1, 0.15) is 5.56 Å². The van der Waals surface area contributed by atoms with Gasteiger partial charge in [0, 0.05) is 17.3 Å². The Bertz CT molecular complexity index is 316. The minimum Gasteiger partial charge on any atom is -0.322 e. The van der Waals surface area contributed by atoms with E-state index in [0.29, 0.717) is 0 Å². The van der Waals surface area contributed by atoms with Crippen LogP contribution in [0.25, 0.3) is 0 Å². The number of carbonyl (C=O) groups excluding carboxylic acids is 1. The zero-order chi connectivity index (χ0) is 9.68. The summed E-state index contributed by atoms with van der Waals surface area (Å²) < 4.78 is 0. The Morgan fingerprint density at radius 1 is 1.38 bits per heavy atom. The van der Waals surface area contributed by atoms with Crippen molar-refractivity contribution in [1.29, 1.82) is 0 Å². The maximum absolute atomic E-state index is 11.0. The smallest absolute Gasteiger partial charge is 0.249 e. The van der Waals surface area contributed by atoms with Gasteiger partial charge >= 0.3 is 0 Å². The topological polar surface area (TPSA) is 29.1 Å². The molecular formula is C10H10ClNO. The van der Waals surface area contributed by atoms with Crippen LogP contribution in [-0.4, -0.2) is 5.91 Å². The molecule has 0 bridgehead atoms. The van der Waals surface area contributed by atoms with Crippen molar-refractivity contribution in [1.82, 2.24) is 0 Å². The highest BCUT2D eigenvalue weighted by molar-refractivity contribution is 6.27. The lowest BCUT2D eigenvalue weighted by Gasteiger charge is -2.01. The molecule has 1 aromatic carbocycles. The normalized spacial score (nSPS) is 10.3. The summed E-state index contributed by atoms with van der Waals surface area (Å²) >= 11 is 5.25. The third-order valence-corrected chi connectivity index (χ3v) is 1.66. The molecule has 0 heterocycles. The Morgan fingerprint density at radius 2 is 2.00 bits per heavy atom. The predicted octanol–water partition coefficient (Wildman–Crippen LogP) is 2.69. The fourth-order valence-corrected chi connectivity index (χ4v) is 0.992. The van der Waals surface area contributed by atoms with Gasteiger partial charge in [0.25, 0.3) is 0 Å². The molecule has 13 heavy (non-hydrogen) atoms. The molecule has 0 radical (unpaired) electrons. The number of aryl methyl sites for hydroxylation is 1. The summed E-state index contributed by atoms with van der Waals surface area (Å²) in [5.74, 6) is -0.223. The fraction of sp³-hybridized carbons (Fsp3) is 0.100. The highest BCUT2D eigenvalue weighted by Gasteiger charge is 1.95. The summed E-state index contributed by atoms with van der Waals surface area (Å²) in [7, 11) is 0. The van der Waals surface area contributed by atoms with Gasteiger partial charge in [-0.1, -0.05) is 29.3 Å². The number of rotatable bonds is 2. The van der Waals surface area contributed by atoms with E-state index in [9.17, 15) is 4.79 Å². The van der Waals surface area contributed by atoms with Crippen LogP contribution in [0.3, 0.4) is 0 Å². The van der Waals surface area contributed by atoms with Crippen LogP contribution in [-0.2, 0) is 4.79 Å². The Hall–Kier alpha value is -1.28. The summed E-state index contributed by atoms with van der Waals surface area (Å²) in [6.07, 6.45) is 1.27. The van der Waals surface area contributed by atoms with Crippen LogP contribution < -0.4 is 5.32 Å². The molecule has 0 unspecified atom stereocenters. The SMILES string of the molecule is Cc1ccc(NC(=O)/C=C/Cl)cc1. The van der Waals surface area contributed by atoms with E-state index < -0.39 is 0 Å². The van der Waals surface area contributed by atoms with Gasteiger partial charge in [-0.2, -0.15) is 0 Å². The van der Waals surface area contributed by atoms with Crippen molar-refractivity contribution < 1.29 is 4.79 Å². The molecule has 0 aliphatic carbocycles. The molecule has 1 amide bonds. The monoisotopic (exact) mass is 195 g/mol.